The van der Waals surface area contributed by atoms with Crippen LogP contribution in [0.25, 0.3) is 0 Å². The van der Waals surface area contributed by atoms with E-state index in [9.17, 15) is 22.0 Å². The lowest BCUT2D eigenvalue weighted by Crippen LogP contribution is -2.41. The molecule has 0 radical (unpaired) electrons. The maximum Gasteiger partial charge on any atom is 0.391 e. The first-order valence-electron chi connectivity index (χ1n) is 3.95. The molecule has 0 aliphatic rings. The van der Waals surface area contributed by atoms with Crippen LogP contribution in [0.1, 0.15) is 20.8 Å². The summed E-state index contributed by atoms with van der Waals surface area (Å²) in [6.45, 7) is 2.78. The molecule has 0 aliphatic heterocycles. The average molecular weight is 245 g/mol. The molecule has 0 aromatic heterocycles. The molecule has 0 atom stereocenters. The van der Waals surface area contributed by atoms with E-state index in [1.54, 1.807) is 0 Å². The number of primary sulfonamides is 1. The summed E-state index contributed by atoms with van der Waals surface area (Å²) in [6.07, 6.45) is 0. The molecule has 0 heterocycles. The van der Waals surface area contributed by atoms with Gasteiger partial charge in [0.2, 0.25) is 0 Å². The molecule has 0 saturated heterocycles. The molecule has 15 heavy (non-hydrogen) atoms. The van der Waals surface area contributed by atoms with Gasteiger partial charge in [-0.3, -0.25) is 4.79 Å². The fraction of sp³-hybridized carbons (Fsp3) is 0.857. The van der Waals surface area contributed by atoms with Crippen LogP contribution >= 0.6 is 0 Å². The van der Waals surface area contributed by atoms with Crippen LogP contribution in [-0.2, 0) is 19.6 Å². The van der Waals surface area contributed by atoms with Crippen molar-refractivity contribution >= 4 is 16.0 Å². The molecule has 2 N–H and O–H groups in total. The Bertz CT molecular complexity index is 344. The lowest BCUT2D eigenvalue weighted by Gasteiger charge is -2.19. The highest BCUT2D eigenvalue weighted by Gasteiger charge is 2.44. The zero-order valence-electron chi connectivity index (χ0n) is 8.58. The first-order valence-corrected chi connectivity index (χ1v) is 5.50. The number of hydrogen-bond acceptors (Lipinski definition) is 4. The van der Waals surface area contributed by atoms with E-state index >= 15 is 0 Å². The molecule has 5 nitrogen and oxygen atoms in total. The summed E-state index contributed by atoms with van der Waals surface area (Å²) in [6, 6.07) is 0. The minimum Gasteiger partial charge on any atom is -0.458 e. The number of carbonyl (C=O) groups is 1. The van der Waals surface area contributed by atoms with Crippen LogP contribution in [0, 0.1) is 5.41 Å². The Kier molecular flexibility index (Phi) is 3.81. The Morgan fingerprint density at radius 2 is 1.73 bits per heavy atom. The number of sulfonamides is 1. The van der Waals surface area contributed by atoms with Gasteiger partial charge in [-0.05, 0) is 20.8 Å². The zero-order chi connectivity index (χ0) is 12.5. The van der Waals surface area contributed by atoms with Gasteiger partial charge in [0.25, 0.3) is 10.0 Å². The third-order valence-corrected chi connectivity index (χ3v) is 2.35. The fourth-order valence-electron chi connectivity index (χ4n) is 0.448. The normalized spacial score (nSPS) is 13.7. The molecular weight excluding hydrogens is 232 g/mol. The minimum absolute atomic E-state index is 0.925. The Morgan fingerprint density at radius 3 is 2.00 bits per heavy atom. The molecule has 0 aromatic carbocycles. The van der Waals surface area contributed by atoms with Crippen LogP contribution < -0.4 is 5.14 Å². The van der Waals surface area contributed by atoms with Crippen molar-refractivity contribution < 1.29 is 26.7 Å². The van der Waals surface area contributed by atoms with E-state index in [1.165, 1.54) is 20.8 Å². The molecule has 0 saturated carbocycles. The Hall–Kier alpha value is -0.760. The van der Waals surface area contributed by atoms with Gasteiger partial charge in [0.1, 0.15) is 0 Å². The Morgan fingerprint density at radius 1 is 1.33 bits per heavy atom. The molecule has 0 fully saturated rings. The summed E-state index contributed by atoms with van der Waals surface area (Å²) in [5.74, 6) is -0.925. The number of hydrogen-bond donors (Lipinski definition) is 1. The third kappa shape index (κ3) is 4.08. The van der Waals surface area contributed by atoms with Gasteiger partial charge in [-0.15, -0.1) is 0 Å². The number of ether oxygens (including phenoxy) is 1. The van der Waals surface area contributed by atoms with Crippen molar-refractivity contribution in [3.63, 3.8) is 0 Å². The predicted octanol–water partition coefficient (Wildman–Crippen LogP) is 0.457. The van der Waals surface area contributed by atoms with Gasteiger partial charge in [0.15, 0.2) is 6.61 Å². The van der Waals surface area contributed by atoms with Crippen LogP contribution in [0.15, 0.2) is 0 Å². The van der Waals surface area contributed by atoms with Gasteiger partial charge in [-0.1, -0.05) is 0 Å². The second-order valence-corrected chi connectivity index (χ2v) is 5.70. The largest absolute Gasteiger partial charge is 0.458 e. The Balaban J connectivity index is 4.49. The number of halogens is 2. The fourth-order valence-corrected chi connectivity index (χ4v) is 0.671. The number of carbonyl (C=O) groups excluding carboxylic acids is 1. The minimum atomic E-state index is -5.05. The van der Waals surface area contributed by atoms with Gasteiger partial charge in [0, 0.05) is 0 Å². The van der Waals surface area contributed by atoms with Crippen LogP contribution in [0.2, 0.25) is 0 Å². The monoisotopic (exact) mass is 245 g/mol. The van der Waals surface area contributed by atoms with Crippen molar-refractivity contribution in [2.45, 2.75) is 26.0 Å². The van der Waals surface area contributed by atoms with Gasteiger partial charge in [-0.2, -0.15) is 8.78 Å². The summed E-state index contributed by atoms with van der Waals surface area (Å²) in [7, 11) is -5.05. The van der Waals surface area contributed by atoms with Crippen LogP contribution in [0.5, 0.6) is 0 Å². The number of rotatable bonds is 3. The second-order valence-electron chi connectivity index (χ2n) is 4.01. The predicted molar refractivity (Wildman–Crippen MR) is 48.5 cm³/mol. The van der Waals surface area contributed by atoms with E-state index < -0.39 is 33.3 Å². The van der Waals surface area contributed by atoms with Gasteiger partial charge in [0.05, 0.1) is 5.41 Å². The van der Waals surface area contributed by atoms with E-state index in [1.807, 2.05) is 0 Å². The topological polar surface area (TPSA) is 86.5 Å². The van der Waals surface area contributed by atoms with Crippen LogP contribution in [-0.4, -0.2) is 26.2 Å². The number of nitrogens with two attached hydrogens (primary N) is 1. The van der Waals surface area contributed by atoms with E-state index in [0.717, 1.165) is 0 Å². The Labute approximate surface area is 86.6 Å². The van der Waals surface area contributed by atoms with E-state index in [0.29, 0.717) is 0 Å². The van der Waals surface area contributed by atoms with Gasteiger partial charge >= 0.3 is 11.2 Å². The molecule has 0 aliphatic carbocycles. The highest BCUT2D eigenvalue weighted by atomic mass is 32.2. The molecule has 0 amide bonds. The maximum absolute atomic E-state index is 12.7. The lowest BCUT2D eigenvalue weighted by atomic mass is 9.97. The summed E-state index contributed by atoms with van der Waals surface area (Å²) < 4.78 is 50.2. The van der Waals surface area contributed by atoms with Crippen molar-refractivity contribution in [3.05, 3.63) is 0 Å². The zero-order valence-corrected chi connectivity index (χ0v) is 9.40. The third-order valence-electron chi connectivity index (χ3n) is 1.40. The average Bonchev–Trinajstić information content (AvgIpc) is 1.96. The highest BCUT2D eigenvalue weighted by Crippen LogP contribution is 2.22. The van der Waals surface area contributed by atoms with Crippen LogP contribution in [0.3, 0.4) is 0 Å². The summed E-state index contributed by atoms with van der Waals surface area (Å²) >= 11 is 0. The maximum atomic E-state index is 12.7. The highest BCUT2D eigenvalue weighted by molar-refractivity contribution is 7.90. The summed E-state index contributed by atoms with van der Waals surface area (Å²) in [5, 5.41) is -0.0166. The number of alkyl halides is 2. The molecule has 0 spiro atoms. The van der Waals surface area contributed by atoms with Gasteiger partial charge < -0.3 is 4.74 Å². The lowest BCUT2D eigenvalue weighted by molar-refractivity contribution is -0.158. The summed E-state index contributed by atoms with van der Waals surface area (Å²) in [4.78, 5) is 11.0. The quantitative estimate of drug-likeness (QED) is 0.732. The molecule has 0 aromatic rings. The van der Waals surface area contributed by atoms with E-state index in [4.69, 9.17) is 0 Å². The van der Waals surface area contributed by atoms with Crippen molar-refractivity contribution in [2.75, 3.05) is 6.61 Å². The van der Waals surface area contributed by atoms with Crippen LogP contribution in [0.4, 0.5) is 8.78 Å². The van der Waals surface area contributed by atoms with E-state index in [2.05, 4.69) is 9.88 Å². The van der Waals surface area contributed by atoms with Crippen molar-refractivity contribution in [1.82, 2.24) is 0 Å². The molecular formula is C7H13F2NO4S. The SMILES string of the molecule is CC(C)(C)C(=O)OCC(F)(F)S(N)(=O)=O. The number of esters is 1. The van der Waals surface area contributed by atoms with E-state index in [-0.39, 0.29) is 0 Å². The first kappa shape index (κ1) is 14.2. The molecule has 0 rings (SSSR count). The molecule has 8 heteroatoms. The van der Waals surface area contributed by atoms with Crippen molar-refractivity contribution in [1.29, 1.82) is 0 Å². The second kappa shape index (κ2) is 4.01. The van der Waals surface area contributed by atoms with Crippen molar-refractivity contribution in [2.24, 2.45) is 10.6 Å². The first-order chi connectivity index (χ1) is 6.38. The van der Waals surface area contributed by atoms with Crippen molar-refractivity contribution in [3.8, 4) is 0 Å². The smallest absolute Gasteiger partial charge is 0.391 e. The van der Waals surface area contributed by atoms with Gasteiger partial charge in [-0.25, -0.2) is 13.6 Å². The molecule has 0 bridgehead atoms. The standard InChI is InChI=1S/C7H13F2NO4S/c1-6(2,3)5(11)14-4-7(8,9)15(10,12)13/h4H2,1-3H3,(H2,10,12,13). The molecule has 90 valence electrons. The summed E-state index contributed by atoms with van der Waals surface area (Å²) in [5.41, 5.74) is -0.978. The molecule has 0 unspecified atom stereocenters.